The van der Waals surface area contributed by atoms with Gasteiger partial charge in [-0.05, 0) is 32.2 Å². The monoisotopic (exact) mass is 676 g/mol. The lowest BCUT2D eigenvalue weighted by Gasteiger charge is -2.32. The lowest BCUT2D eigenvalue weighted by Crippen LogP contribution is -2.58. The summed E-state index contributed by atoms with van der Waals surface area (Å²) in [4.78, 5) is 29.8. The zero-order valence-electron chi connectivity index (χ0n) is 27.8. The van der Waals surface area contributed by atoms with Gasteiger partial charge in [0.1, 0.15) is 31.7 Å². The fourth-order valence-electron chi connectivity index (χ4n) is 7.62. The Bertz CT molecular complexity index is 1620. The average molecular weight is 677 g/mol. The Morgan fingerprint density at radius 1 is 1.15 bits per heavy atom. The number of hydrogen-bond donors (Lipinski definition) is 1. The summed E-state index contributed by atoms with van der Waals surface area (Å²) in [6.07, 6.45) is 3.02. The number of nitrogens with one attached hydrogen (secondary N) is 1. The van der Waals surface area contributed by atoms with E-state index in [9.17, 15) is 9.59 Å². The fourth-order valence-corrected chi connectivity index (χ4v) is 13.6. The number of aryl methyl sites for hydroxylation is 1. The van der Waals surface area contributed by atoms with E-state index in [2.05, 4.69) is 89.1 Å². The predicted octanol–water partition coefficient (Wildman–Crippen LogP) is 4.59. The number of amides is 1. The van der Waals surface area contributed by atoms with Crippen molar-refractivity contribution in [2.75, 3.05) is 18.5 Å². The zero-order chi connectivity index (χ0) is 32.9. The Kier molecular flexibility index (Phi) is 9.01. The van der Waals surface area contributed by atoms with Crippen LogP contribution in [0.25, 0.3) is 0 Å². The first kappa shape index (κ1) is 32.8. The van der Waals surface area contributed by atoms with Crippen LogP contribution in [-0.4, -0.2) is 71.3 Å². The second-order valence-electron chi connectivity index (χ2n) is 13.9. The number of hydrogen-bond acceptors (Lipinski definition) is 8. The molecule has 4 fully saturated rings. The minimum atomic E-state index is -2.14. The molecule has 4 saturated heterocycles. The summed E-state index contributed by atoms with van der Waals surface area (Å²) in [5.41, 5.74) is -0.540. The summed E-state index contributed by atoms with van der Waals surface area (Å²) in [5.74, 6) is -0.156. The Hall–Kier alpha value is -2.76. The van der Waals surface area contributed by atoms with E-state index in [1.165, 1.54) is 14.9 Å². The van der Waals surface area contributed by atoms with Gasteiger partial charge in [0, 0.05) is 30.3 Å². The van der Waals surface area contributed by atoms with E-state index < -0.39 is 46.3 Å². The molecule has 0 radical (unpaired) electrons. The number of benzene rings is 2. The SMILES string of the molecule is CC[C@@]12COC([C@H](n3cc(C)c(NC(=O)C(C)C)nc3=O)O1)[C@H]2O[P@]1O[C@@H](C[Si](C)(c2ccccc2)c2ccccc2)[C@H]2CCCN21. The molecule has 1 aromatic heterocycles. The second-order valence-corrected chi connectivity index (χ2v) is 19.5. The van der Waals surface area contributed by atoms with E-state index in [-0.39, 0.29) is 23.7 Å². The summed E-state index contributed by atoms with van der Waals surface area (Å²) in [6.45, 7) is 11.3. The van der Waals surface area contributed by atoms with Crippen LogP contribution in [-0.2, 0) is 23.3 Å². The van der Waals surface area contributed by atoms with Crippen molar-refractivity contribution >= 4 is 38.7 Å². The molecule has 1 N–H and O–H groups in total. The quantitative estimate of drug-likeness (QED) is 0.246. The van der Waals surface area contributed by atoms with Crippen molar-refractivity contribution in [1.29, 1.82) is 0 Å². The second kappa shape index (κ2) is 12.9. The van der Waals surface area contributed by atoms with Gasteiger partial charge in [0.2, 0.25) is 5.91 Å². The molecule has 47 heavy (non-hydrogen) atoms. The van der Waals surface area contributed by atoms with Gasteiger partial charge in [-0.25, -0.2) is 9.46 Å². The van der Waals surface area contributed by atoms with Crippen molar-refractivity contribution in [3.8, 4) is 0 Å². The first-order valence-corrected chi connectivity index (χ1v) is 20.7. The van der Waals surface area contributed by atoms with Crippen LogP contribution in [0.1, 0.15) is 51.8 Å². The maximum atomic E-state index is 13.3. The molecule has 250 valence electrons. The molecule has 2 bridgehead atoms. The standard InChI is InChI=1S/C35H45N4O6PSi/c1-6-35-22-42-29(33(43-35)38-20-24(4)31(37-34(38)41)36-32(40)23(2)3)30(35)45-46-39-19-13-18-27(39)28(44-46)21-47(5,25-14-9-7-10-15-25)26-16-11-8-12-17-26/h7-12,14-17,20,23,27-30,33H,6,13,18-19,21-22H2,1-5H3,(H,36,37,40,41)/t27-,28+,29?,30-,33-,35+,46+/m1/s1. The molecule has 0 spiro atoms. The molecule has 4 aliphatic rings. The highest BCUT2D eigenvalue weighted by Gasteiger charge is 2.64. The van der Waals surface area contributed by atoms with Gasteiger partial charge < -0.3 is 23.8 Å². The molecule has 1 unspecified atom stereocenters. The number of fused-ring (bicyclic) bond motifs is 3. The minimum Gasteiger partial charge on any atom is -0.368 e. The first-order valence-electron chi connectivity index (χ1n) is 16.8. The van der Waals surface area contributed by atoms with E-state index in [0.717, 1.165) is 25.4 Å². The van der Waals surface area contributed by atoms with Crippen molar-refractivity contribution in [1.82, 2.24) is 14.2 Å². The first-order chi connectivity index (χ1) is 22.6. The van der Waals surface area contributed by atoms with E-state index in [4.69, 9.17) is 18.5 Å². The summed E-state index contributed by atoms with van der Waals surface area (Å²) in [6, 6.07) is 23.1. The molecule has 3 aromatic rings. The number of anilines is 1. The van der Waals surface area contributed by atoms with E-state index in [1.54, 1.807) is 20.0 Å². The van der Waals surface area contributed by atoms with Gasteiger partial charge >= 0.3 is 5.69 Å². The number of carbonyl (C=O) groups is 1. The van der Waals surface area contributed by atoms with Crippen molar-refractivity contribution < 1.29 is 23.3 Å². The fraction of sp³-hybridized carbons (Fsp3) is 0.514. The highest BCUT2D eigenvalue weighted by Crippen LogP contribution is 2.61. The van der Waals surface area contributed by atoms with E-state index in [0.29, 0.717) is 24.6 Å². The van der Waals surface area contributed by atoms with Crippen LogP contribution < -0.4 is 21.4 Å². The smallest absolute Gasteiger partial charge is 0.351 e. The zero-order valence-corrected chi connectivity index (χ0v) is 29.7. The Balaban J connectivity index is 1.13. The van der Waals surface area contributed by atoms with Gasteiger partial charge in [0.15, 0.2) is 6.23 Å². The van der Waals surface area contributed by atoms with Crippen molar-refractivity contribution in [2.24, 2.45) is 5.92 Å². The molecule has 2 aromatic carbocycles. The van der Waals surface area contributed by atoms with Crippen LogP contribution >= 0.6 is 8.53 Å². The van der Waals surface area contributed by atoms with Crippen LogP contribution in [0.3, 0.4) is 0 Å². The van der Waals surface area contributed by atoms with Crippen LogP contribution in [0.2, 0.25) is 12.6 Å². The molecule has 0 saturated carbocycles. The number of carbonyl (C=O) groups excluding carboxylic acids is 1. The van der Waals surface area contributed by atoms with Gasteiger partial charge in [-0.2, -0.15) is 4.98 Å². The van der Waals surface area contributed by atoms with Crippen molar-refractivity contribution in [3.05, 3.63) is 82.9 Å². The van der Waals surface area contributed by atoms with E-state index in [1.807, 2.05) is 6.92 Å². The third-order valence-electron chi connectivity index (χ3n) is 10.5. The molecule has 4 aliphatic heterocycles. The van der Waals surface area contributed by atoms with Crippen LogP contribution in [0.4, 0.5) is 5.82 Å². The third kappa shape index (κ3) is 5.84. The molecule has 5 heterocycles. The number of nitrogens with zero attached hydrogens (tertiary/aromatic N) is 3. The molecule has 0 aliphatic carbocycles. The normalized spacial score (nSPS) is 30.3. The largest absolute Gasteiger partial charge is 0.368 e. The third-order valence-corrected chi connectivity index (χ3v) is 16.7. The van der Waals surface area contributed by atoms with Crippen LogP contribution in [0.5, 0.6) is 0 Å². The highest BCUT2D eigenvalue weighted by atomic mass is 31.2. The van der Waals surface area contributed by atoms with Crippen LogP contribution in [0, 0.1) is 12.8 Å². The van der Waals surface area contributed by atoms with Gasteiger partial charge in [-0.15, -0.1) is 0 Å². The van der Waals surface area contributed by atoms with Gasteiger partial charge in [0.05, 0.1) is 12.7 Å². The summed E-state index contributed by atoms with van der Waals surface area (Å²) >= 11 is 0. The number of aromatic nitrogens is 2. The average Bonchev–Trinajstić information content (AvgIpc) is 3.85. The predicted molar refractivity (Wildman–Crippen MR) is 185 cm³/mol. The van der Waals surface area contributed by atoms with E-state index >= 15 is 0 Å². The lowest BCUT2D eigenvalue weighted by atomic mass is 9.96. The Labute approximate surface area is 278 Å². The van der Waals surface area contributed by atoms with Gasteiger partial charge in [-0.3, -0.25) is 9.36 Å². The molecule has 10 nitrogen and oxygen atoms in total. The summed E-state index contributed by atoms with van der Waals surface area (Å²) in [7, 11) is -3.50. The van der Waals surface area contributed by atoms with Crippen LogP contribution in [0.15, 0.2) is 71.7 Å². The number of ether oxygens (including phenoxy) is 2. The Morgan fingerprint density at radius 2 is 1.83 bits per heavy atom. The summed E-state index contributed by atoms with van der Waals surface area (Å²) < 4.78 is 30.9. The van der Waals surface area contributed by atoms with Gasteiger partial charge in [0.25, 0.3) is 8.53 Å². The maximum absolute atomic E-state index is 13.3. The minimum absolute atomic E-state index is 0.0537. The topological polar surface area (TPSA) is 104 Å². The highest BCUT2D eigenvalue weighted by molar-refractivity contribution is 7.45. The lowest BCUT2D eigenvalue weighted by molar-refractivity contribution is -0.175. The molecular formula is C35H45N4O6PSi. The molecule has 12 heteroatoms. The van der Waals surface area contributed by atoms with Crippen molar-refractivity contribution in [2.45, 2.75) is 95.7 Å². The maximum Gasteiger partial charge on any atom is 0.351 e. The summed E-state index contributed by atoms with van der Waals surface area (Å²) in [5, 5.41) is 5.58. The Morgan fingerprint density at radius 3 is 2.47 bits per heavy atom. The van der Waals surface area contributed by atoms with Gasteiger partial charge in [-0.1, -0.05) is 98.4 Å². The molecular weight excluding hydrogens is 631 g/mol. The molecule has 7 rings (SSSR count). The van der Waals surface area contributed by atoms with Crippen molar-refractivity contribution in [3.63, 3.8) is 0 Å². The number of rotatable bonds is 10. The molecule has 7 atom stereocenters. The molecule has 1 amide bonds.